The van der Waals surface area contributed by atoms with Crippen molar-refractivity contribution in [1.82, 2.24) is 10.2 Å². The van der Waals surface area contributed by atoms with Crippen molar-refractivity contribution in [2.75, 3.05) is 6.54 Å². The van der Waals surface area contributed by atoms with Crippen molar-refractivity contribution in [2.24, 2.45) is 0 Å². The second kappa shape index (κ2) is 16.7. The van der Waals surface area contributed by atoms with E-state index >= 15 is 0 Å². The van der Waals surface area contributed by atoms with Crippen molar-refractivity contribution in [3.8, 4) is 0 Å². The number of amides is 2. The Morgan fingerprint density at radius 3 is 1.78 bits per heavy atom. The normalized spacial score (nSPS) is 15.8. The van der Waals surface area contributed by atoms with E-state index in [4.69, 9.17) is 9.47 Å². The van der Waals surface area contributed by atoms with Crippen LogP contribution in [0.3, 0.4) is 0 Å². The predicted molar refractivity (Wildman–Crippen MR) is 185 cm³/mol. The maximum absolute atomic E-state index is 12.4. The molecule has 4 aromatic carbocycles. The number of likely N-dealkylation sites (N-methyl/N-ethyl adjacent to an activating group) is 1. The summed E-state index contributed by atoms with van der Waals surface area (Å²) in [5.41, 5.74) is 7.23. The van der Waals surface area contributed by atoms with Gasteiger partial charge in [0.05, 0.1) is 0 Å². The third kappa shape index (κ3) is 9.71. The van der Waals surface area contributed by atoms with Crippen LogP contribution in [-0.4, -0.2) is 44.1 Å². The molecule has 231 valence electrons. The van der Waals surface area contributed by atoms with Crippen LogP contribution in [-0.2, 0) is 48.4 Å². The molecule has 6 nitrogen and oxygen atoms in total. The molecule has 0 bridgehead atoms. The Hall–Kier alpha value is -3.56. The van der Waals surface area contributed by atoms with Gasteiger partial charge in [-0.15, -0.1) is 0 Å². The van der Waals surface area contributed by atoms with Gasteiger partial charge in [-0.3, -0.25) is 0 Å². The lowest BCUT2D eigenvalue weighted by Crippen LogP contribution is -2.41. The summed E-state index contributed by atoms with van der Waals surface area (Å²) in [6.45, 7) is 3.29. The average molecular weight is 731 g/mol. The molecule has 0 saturated heterocycles. The maximum atomic E-state index is 12.4. The summed E-state index contributed by atoms with van der Waals surface area (Å²) < 4.78 is 12.9. The minimum atomic E-state index is -0.351. The number of rotatable bonds is 7. The van der Waals surface area contributed by atoms with Crippen molar-refractivity contribution in [2.45, 2.75) is 57.9 Å². The van der Waals surface area contributed by atoms with Gasteiger partial charge in [0.15, 0.2) is 0 Å². The number of halogens is 2. The Kier molecular flexibility index (Phi) is 12.7. The van der Waals surface area contributed by atoms with Gasteiger partial charge in [0.2, 0.25) is 0 Å². The molecule has 0 heterocycles. The molecule has 6 rings (SSSR count). The van der Waals surface area contributed by atoms with Gasteiger partial charge >= 0.3 is 12.2 Å². The average Bonchev–Trinajstić information content (AvgIpc) is 3.63. The van der Waals surface area contributed by atoms with Gasteiger partial charge in [-0.2, -0.15) is 0 Å². The van der Waals surface area contributed by atoms with Gasteiger partial charge in [0.25, 0.3) is 0 Å². The molecular formula is C36H36BBr2N2O4. The Morgan fingerprint density at radius 2 is 1.20 bits per heavy atom. The van der Waals surface area contributed by atoms with Crippen molar-refractivity contribution in [3.05, 3.63) is 139 Å². The highest BCUT2D eigenvalue weighted by atomic mass is 79.9. The lowest BCUT2D eigenvalue weighted by molar-refractivity contribution is 0.0840. The minimum absolute atomic E-state index is 0. The third-order valence-electron chi connectivity index (χ3n) is 7.94. The van der Waals surface area contributed by atoms with E-state index < -0.39 is 0 Å². The quantitative estimate of drug-likeness (QED) is 0.196. The zero-order chi connectivity index (χ0) is 30.9. The first kappa shape index (κ1) is 34.3. The number of benzene rings is 4. The van der Waals surface area contributed by atoms with E-state index in [0.29, 0.717) is 19.8 Å². The number of carbonyl (C=O) groups excluding carboxylic acids is 2. The van der Waals surface area contributed by atoms with E-state index in [-0.39, 0.29) is 32.7 Å². The zero-order valence-corrected chi connectivity index (χ0v) is 28.4. The van der Waals surface area contributed by atoms with E-state index in [9.17, 15) is 9.59 Å². The Balaban J connectivity index is 0.000000201. The van der Waals surface area contributed by atoms with Crippen LogP contribution < -0.4 is 5.32 Å². The van der Waals surface area contributed by atoms with E-state index in [1.165, 1.54) is 22.3 Å². The smallest absolute Gasteiger partial charge is 0.410 e. The molecule has 4 aromatic rings. The van der Waals surface area contributed by atoms with Gasteiger partial charge in [-0.1, -0.05) is 105 Å². The number of alkyl carbamates (subject to hydrolysis) is 1. The van der Waals surface area contributed by atoms with Crippen LogP contribution >= 0.6 is 31.9 Å². The number of hydrogen-bond acceptors (Lipinski definition) is 4. The molecule has 2 aliphatic rings. The largest absolute Gasteiger partial charge is 0.445 e. The van der Waals surface area contributed by atoms with Crippen LogP contribution in [0.25, 0.3) is 0 Å². The Labute approximate surface area is 284 Å². The predicted octanol–water partition coefficient (Wildman–Crippen LogP) is 8.04. The third-order valence-corrected chi connectivity index (χ3v) is 8.92. The molecule has 1 N–H and O–H groups in total. The van der Waals surface area contributed by atoms with E-state index in [1.807, 2.05) is 78.6 Å². The fourth-order valence-electron chi connectivity index (χ4n) is 5.74. The van der Waals surface area contributed by atoms with Gasteiger partial charge < -0.3 is 19.7 Å². The molecule has 2 atom stereocenters. The van der Waals surface area contributed by atoms with Crippen LogP contribution in [0.15, 0.2) is 106 Å². The van der Waals surface area contributed by atoms with Crippen LogP contribution in [0.2, 0.25) is 0 Å². The van der Waals surface area contributed by atoms with Crippen molar-refractivity contribution in [1.29, 1.82) is 0 Å². The van der Waals surface area contributed by atoms with Crippen molar-refractivity contribution >= 4 is 52.5 Å². The van der Waals surface area contributed by atoms with Crippen LogP contribution in [0.5, 0.6) is 0 Å². The highest BCUT2D eigenvalue weighted by molar-refractivity contribution is 9.10. The van der Waals surface area contributed by atoms with Crippen LogP contribution in [0, 0.1) is 0 Å². The monoisotopic (exact) mass is 729 g/mol. The SMILES string of the molecule is CCN(C(=O)OCc1ccccc1)[C@H]1Cc2ccc(Br)cc2C1.O=C(N[C@H]1Cc2ccc(Br)cc2C1)OCc1ccccc1.[B]. The molecule has 3 radical (unpaired) electrons. The highest BCUT2D eigenvalue weighted by Gasteiger charge is 2.30. The van der Waals surface area contributed by atoms with Gasteiger partial charge in [-0.25, -0.2) is 9.59 Å². The zero-order valence-electron chi connectivity index (χ0n) is 25.3. The lowest BCUT2D eigenvalue weighted by Gasteiger charge is -2.26. The van der Waals surface area contributed by atoms with Crippen molar-refractivity contribution < 1.29 is 19.1 Å². The first-order valence-electron chi connectivity index (χ1n) is 14.9. The number of fused-ring (bicyclic) bond motifs is 2. The summed E-state index contributed by atoms with van der Waals surface area (Å²) >= 11 is 6.99. The summed E-state index contributed by atoms with van der Waals surface area (Å²) in [5.74, 6) is 0. The number of carbonyl (C=O) groups is 2. The number of ether oxygens (including phenoxy) is 2. The molecule has 45 heavy (non-hydrogen) atoms. The Bertz CT molecular complexity index is 1570. The topological polar surface area (TPSA) is 67.9 Å². The first-order valence-corrected chi connectivity index (χ1v) is 16.5. The number of nitrogens with one attached hydrogen (secondary N) is 1. The van der Waals surface area contributed by atoms with Crippen LogP contribution in [0.4, 0.5) is 9.59 Å². The van der Waals surface area contributed by atoms with Crippen molar-refractivity contribution in [3.63, 3.8) is 0 Å². The molecule has 9 heteroatoms. The van der Waals surface area contributed by atoms with Crippen LogP contribution in [0.1, 0.15) is 40.3 Å². The molecule has 2 amide bonds. The fraction of sp³-hybridized carbons (Fsp3) is 0.278. The molecule has 0 spiro atoms. The summed E-state index contributed by atoms with van der Waals surface area (Å²) in [4.78, 5) is 26.1. The summed E-state index contributed by atoms with van der Waals surface area (Å²) in [6, 6.07) is 32.4. The summed E-state index contributed by atoms with van der Waals surface area (Å²) in [6.07, 6.45) is 2.93. The Morgan fingerprint density at radius 1 is 0.711 bits per heavy atom. The minimum Gasteiger partial charge on any atom is -0.445 e. The van der Waals surface area contributed by atoms with Gasteiger partial charge in [-0.05, 0) is 90.3 Å². The molecule has 0 aliphatic heterocycles. The molecule has 2 aliphatic carbocycles. The summed E-state index contributed by atoms with van der Waals surface area (Å²) in [7, 11) is 0. The molecule has 0 unspecified atom stereocenters. The van der Waals surface area contributed by atoms with Gasteiger partial charge in [0, 0.05) is 36.0 Å². The second-order valence-electron chi connectivity index (χ2n) is 11.0. The first-order chi connectivity index (χ1) is 21.4. The van der Waals surface area contributed by atoms with E-state index in [0.717, 1.165) is 45.8 Å². The number of hydrogen-bond donors (Lipinski definition) is 1. The van der Waals surface area contributed by atoms with E-state index in [2.05, 4.69) is 67.5 Å². The van der Waals surface area contributed by atoms with Gasteiger partial charge in [0.1, 0.15) is 13.2 Å². The highest BCUT2D eigenvalue weighted by Crippen LogP contribution is 2.29. The lowest BCUT2D eigenvalue weighted by atomic mass is 10.1. The molecular weight excluding hydrogens is 695 g/mol. The summed E-state index contributed by atoms with van der Waals surface area (Å²) in [5, 5.41) is 2.94. The standard InChI is InChI=1S/C19H20BrNO2.C17H16BrNO2.B/c1-2-21(19(22)23-13-14-6-4-3-5-7-14)18-11-15-8-9-17(20)10-16(15)12-18;18-15-7-6-13-9-16(10-14(13)8-15)19-17(20)21-11-12-4-2-1-3-5-12;/h3-10,18H,2,11-13H2,1H3;1-8,16H,9-11H2,(H,19,20);/t18-;16-;/m00./s1. The van der Waals surface area contributed by atoms with E-state index in [1.54, 1.807) is 0 Å². The number of nitrogens with zero attached hydrogens (tertiary/aromatic N) is 1. The maximum Gasteiger partial charge on any atom is 0.410 e. The molecule has 0 fully saturated rings. The molecule has 0 aromatic heterocycles. The second-order valence-corrected chi connectivity index (χ2v) is 12.9. The molecule has 0 saturated carbocycles. The fourth-order valence-corrected chi connectivity index (χ4v) is 6.56.